The van der Waals surface area contributed by atoms with E-state index in [-0.39, 0.29) is 11.0 Å². The van der Waals surface area contributed by atoms with Crippen LogP contribution in [0.2, 0.25) is 0 Å². The molecule has 2 aliphatic heterocycles. The Bertz CT molecular complexity index is 632. The van der Waals surface area contributed by atoms with Gasteiger partial charge in [-0.2, -0.15) is 0 Å². The molecule has 0 amide bonds. The SMILES string of the molecule is ClC1=CN(NCC[C@@]2(c3ccccn3)CCOC3(CCCC3)C2)CCN1. The van der Waals surface area contributed by atoms with E-state index in [1.165, 1.54) is 31.4 Å². The summed E-state index contributed by atoms with van der Waals surface area (Å²) >= 11 is 6.09. The predicted molar refractivity (Wildman–Crippen MR) is 104 cm³/mol. The Morgan fingerprint density at radius 1 is 1.27 bits per heavy atom. The van der Waals surface area contributed by atoms with Crippen LogP contribution >= 0.6 is 11.6 Å². The van der Waals surface area contributed by atoms with Gasteiger partial charge < -0.3 is 15.1 Å². The number of ether oxygens (including phenoxy) is 1. The first kappa shape index (κ1) is 18.1. The number of aromatic nitrogens is 1. The van der Waals surface area contributed by atoms with Crippen LogP contribution in [0.1, 0.15) is 50.6 Å². The maximum Gasteiger partial charge on any atom is 0.119 e. The lowest BCUT2D eigenvalue weighted by Crippen LogP contribution is -2.49. The van der Waals surface area contributed by atoms with E-state index < -0.39 is 0 Å². The maximum atomic E-state index is 6.32. The molecule has 0 aromatic carbocycles. The first-order valence-electron chi connectivity index (χ1n) is 9.87. The Morgan fingerprint density at radius 2 is 2.15 bits per heavy atom. The quantitative estimate of drug-likeness (QED) is 0.772. The smallest absolute Gasteiger partial charge is 0.119 e. The maximum absolute atomic E-state index is 6.32. The van der Waals surface area contributed by atoms with Crippen LogP contribution in [0.3, 0.4) is 0 Å². The van der Waals surface area contributed by atoms with E-state index >= 15 is 0 Å². The standard InChI is InChI=1S/C20H29ClN4O/c21-18-15-25(13-12-23-18)24-11-8-19(17-5-1-4-10-22-17)9-14-26-20(16-19)6-2-3-7-20/h1,4-5,10,15,23-24H,2-3,6-9,11-14,16H2/t19-/m1/s1. The molecule has 1 saturated heterocycles. The minimum atomic E-state index is 0.0774. The molecule has 1 aliphatic carbocycles. The van der Waals surface area contributed by atoms with Crippen molar-refractivity contribution in [1.82, 2.24) is 20.7 Å². The van der Waals surface area contributed by atoms with Gasteiger partial charge in [0.2, 0.25) is 0 Å². The van der Waals surface area contributed by atoms with Gasteiger partial charge in [0, 0.05) is 37.0 Å². The first-order valence-corrected chi connectivity index (χ1v) is 10.2. The highest BCUT2D eigenvalue weighted by Crippen LogP contribution is 2.49. The van der Waals surface area contributed by atoms with E-state index in [1.807, 2.05) is 18.5 Å². The van der Waals surface area contributed by atoms with E-state index in [2.05, 4.69) is 27.9 Å². The molecule has 3 aliphatic rings. The van der Waals surface area contributed by atoms with Crippen molar-refractivity contribution in [2.24, 2.45) is 0 Å². The minimum Gasteiger partial charge on any atom is -0.375 e. The molecule has 1 spiro atoms. The van der Waals surface area contributed by atoms with Crippen molar-refractivity contribution in [3.05, 3.63) is 41.4 Å². The second-order valence-electron chi connectivity index (χ2n) is 7.92. The topological polar surface area (TPSA) is 49.4 Å². The van der Waals surface area contributed by atoms with Gasteiger partial charge in [-0.05, 0) is 44.2 Å². The zero-order valence-electron chi connectivity index (χ0n) is 15.3. The van der Waals surface area contributed by atoms with Crippen LogP contribution in [-0.4, -0.2) is 41.8 Å². The lowest BCUT2D eigenvalue weighted by atomic mass is 9.68. The molecular formula is C20H29ClN4O. The van der Waals surface area contributed by atoms with Crippen LogP contribution in [0, 0.1) is 0 Å². The summed E-state index contributed by atoms with van der Waals surface area (Å²) in [6.07, 6.45) is 12.0. The van der Waals surface area contributed by atoms with Crippen molar-refractivity contribution in [3.8, 4) is 0 Å². The van der Waals surface area contributed by atoms with E-state index in [9.17, 15) is 0 Å². The van der Waals surface area contributed by atoms with Gasteiger partial charge in [-0.25, -0.2) is 5.43 Å². The number of nitrogens with zero attached hydrogens (tertiary/aromatic N) is 2. The summed E-state index contributed by atoms with van der Waals surface area (Å²) in [5.41, 5.74) is 4.94. The highest BCUT2D eigenvalue weighted by Gasteiger charge is 2.48. The van der Waals surface area contributed by atoms with Crippen LogP contribution < -0.4 is 10.7 Å². The summed E-state index contributed by atoms with van der Waals surface area (Å²) in [6.45, 7) is 3.54. The third-order valence-electron chi connectivity index (χ3n) is 6.21. The second kappa shape index (κ2) is 7.75. The number of pyridine rings is 1. The van der Waals surface area contributed by atoms with Crippen LogP contribution in [0.4, 0.5) is 0 Å². The summed E-state index contributed by atoms with van der Waals surface area (Å²) in [7, 11) is 0. The van der Waals surface area contributed by atoms with Crippen LogP contribution in [0.5, 0.6) is 0 Å². The number of hydrogen-bond donors (Lipinski definition) is 2. The molecule has 2 fully saturated rings. The first-order chi connectivity index (χ1) is 12.7. The molecule has 6 heteroatoms. The predicted octanol–water partition coefficient (Wildman–Crippen LogP) is 3.28. The lowest BCUT2D eigenvalue weighted by Gasteiger charge is -2.46. The molecule has 3 heterocycles. The van der Waals surface area contributed by atoms with Crippen molar-refractivity contribution in [2.45, 2.75) is 56.0 Å². The van der Waals surface area contributed by atoms with Crippen molar-refractivity contribution in [1.29, 1.82) is 0 Å². The van der Waals surface area contributed by atoms with Crippen molar-refractivity contribution >= 4 is 11.6 Å². The molecule has 1 aromatic rings. The summed E-state index contributed by atoms with van der Waals surface area (Å²) in [6, 6.07) is 6.33. The summed E-state index contributed by atoms with van der Waals surface area (Å²) in [4.78, 5) is 4.77. The molecule has 4 rings (SSSR count). The molecule has 142 valence electrons. The van der Waals surface area contributed by atoms with Gasteiger partial charge in [-0.15, -0.1) is 0 Å². The van der Waals surface area contributed by atoms with Gasteiger partial charge >= 0.3 is 0 Å². The monoisotopic (exact) mass is 376 g/mol. The zero-order chi connectivity index (χ0) is 17.9. The largest absolute Gasteiger partial charge is 0.375 e. The highest BCUT2D eigenvalue weighted by atomic mass is 35.5. The number of halogens is 1. The van der Waals surface area contributed by atoms with Gasteiger partial charge in [0.05, 0.1) is 18.3 Å². The third kappa shape index (κ3) is 3.85. The average molecular weight is 377 g/mol. The molecule has 1 saturated carbocycles. The van der Waals surface area contributed by atoms with Crippen molar-refractivity contribution < 1.29 is 4.74 Å². The highest BCUT2D eigenvalue weighted by molar-refractivity contribution is 6.29. The summed E-state index contributed by atoms with van der Waals surface area (Å²) < 4.78 is 6.32. The van der Waals surface area contributed by atoms with Gasteiger partial charge in [0.15, 0.2) is 0 Å². The van der Waals surface area contributed by atoms with Crippen LogP contribution in [-0.2, 0) is 10.2 Å². The van der Waals surface area contributed by atoms with Crippen LogP contribution in [0.25, 0.3) is 0 Å². The summed E-state index contributed by atoms with van der Waals surface area (Å²) in [5, 5.41) is 5.92. The Hall–Kier alpha value is -1.30. The molecule has 1 atom stereocenters. The minimum absolute atomic E-state index is 0.0774. The third-order valence-corrected chi connectivity index (χ3v) is 6.44. The molecule has 5 nitrogen and oxygen atoms in total. The van der Waals surface area contributed by atoms with Gasteiger partial charge in [0.1, 0.15) is 5.16 Å². The Labute approximate surface area is 161 Å². The summed E-state index contributed by atoms with van der Waals surface area (Å²) in [5.74, 6) is 0. The Morgan fingerprint density at radius 3 is 2.92 bits per heavy atom. The molecule has 1 aromatic heterocycles. The second-order valence-corrected chi connectivity index (χ2v) is 8.32. The number of rotatable bonds is 5. The molecular weight excluding hydrogens is 348 g/mol. The average Bonchev–Trinajstić information content (AvgIpc) is 3.10. The Kier molecular flexibility index (Phi) is 5.39. The molecule has 0 radical (unpaired) electrons. The van der Waals surface area contributed by atoms with E-state index in [0.29, 0.717) is 5.16 Å². The lowest BCUT2D eigenvalue weighted by molar-refractivity contribution is -0.104. The van der Waals surface area contributed by atoms with Gasteiger partial charge in [0.25, 0.3) is 0 Å². The number of hydrogen-bond acceptors (Lipinski definition) is 5. The van der Waals surface area contributed by atoms with E-state index in [0.717, 1.165) is 45.5 Å². The van der Waals surface area contributed by atoms with Gasteiger partial charge in [-0.3, -0.25) is 4.98 Å². The number of nitrogens with one attached hydrogen (secondary N) is 2. The van der Waals surface area contributed by atoms with Gasteiger partial charge in [-0.1, -0.05) is 30.5 Å². The van der Waals surface area contributed by atoms with Crippen molar-refractivity contribution in [3.63, 3.8) is 0 Å². The fourth-order valence-corrected chi connectivity index (χ4v) is 5.11. The molecule has 0 bridgehead atoms. The molecule has 0 unspecified atom stereocenters. The van der Waals surface area contributed by atoms with Crippen molar-refractivity contribution in [2.75, 3.05) is 26.2 Å². The fraction of sp³-hybridized carbons (Fsp3) is 0.650. The normalized spacial score (nSPS) is 28.0. The van der Waals surface area contributed by atoms with Crippen LogP contribution in [0.15, 0.2) is 35.8 Å². The zero-order valence-corrected chi connectivity index (χ0v) is 16.1. The number of hydrazine groups is 1. The molecule has 26 heavy (non-hydrogen) atoms. The Balaban J connectivity index is 1.49. The van der Waals surface area contributed by atoms with E-state index in [1.54, 1.807) is 0 Å². The fourth-order valence-electron chi connectivity index (χ4n) is 4.90. The van der Waals surface area contributed by atoms with E-state index in [4.69, 9.17) is 21.3 Å². The molecule has 2 N–H and O–H groups in total.